The molecule has 0 saturated heterocycles. The molecule has 2 nitrogen and oxygen atoms in total. The Morgan fingerprint density at radius 2 is 0.732 bits per heavy atom. The molecule has 0 aromatic rings. The van der Waals surface area contributed by atoms with E-state index >= 15 is 0 Å². The van der Waals surface area contributed by atoms with Crippen LogP contribution in [0.2, 0.25) is 0 Å². The Labute approximate surface area is 258 Å². The Kier molecular flexibility index (Phi) is 33.3. The van der Waals surface area contributed by atoms with Crippen LogP contribution in [0.4, 0.5) is 0 Å². The summed E-state index contributed by atoms with van der Waals surface area (Å²) in [6.45, 7) is 8.45. The van der Waals surface area contributed by atoms with Crippen LogP contribution in [-0.2, 0) is 4.79 Å². The molecule has 1 amide bonds. The van der Waals surface area contributed by atoms with Crippen LogP contribution in [0.1, 0.15) is 181 Å². The zero-order valence-corrected chi connectivity index (χ0v) is 28.1. The summed E-state index contributed by atoms with van der Waals surface area (Å²) in [5.41, 5.74) is 0. The van der Waals surface area contributed by atoms with Crippen LogP contribution < -0.4 is 0 Å². The summed E-state index contributed by atoms with van der Waals surface area (Å²) in [5.74, 6) is 0.343. The van der Waals surface area contributed by atoms with Crippen LogP contribution in [0.15, 0.2) is 48.6 Å². The van der Waals surface area contributed by atoms with Crippen LogP contribution in [0.3, 0.4) is 0 Å². The van der Waals surface area contributed by atoms with E-state index in [0.717, 1.165) is 25.9 Å². The van der Waals surface area contributed by atoms with E-state index in [0.29, 0.717) is 12.3 Å². The fourth-order valence-electron chi connectivity index (χ4n) is 5.17. The van der Waals surface area contributed by atoms with Gasteiger partial charge in [-0.3, -0.25) is 4.79 Å². The number of hydrogen-bond acceptors (Lipinski definition) is 1. The Hall–Kier alpha value is -1.57. The molecule has 0 heterocycles. The van der Waals surface area contributed by atoms with E-state index in [-0.39, 0.29) is 0 Å². The summed E-state index contributed by atoms with van der Waals surface area (Å²) in [4.78, 5) is 14.5. The van der Waals surface area contributed by atoms with E-state index in [1.807, 2.05) is 6.92 Å². The third-order valence-corrected chi connectivity index (χ3v) is 7.91. The lowest BCUT2D eigenvalue weighted by Crippen LogP contribution is -2.32. The number of carbonyl (C=O) groups excluding carboxylic acids is 1. The Morgan fingerprint density at radius 1 is 0.415 bits per heavy atom. The molecule has 2 heteroatoms. The number of nitrogens with zero attached hydrogens (tertiary/aromatic N) is 1. The Bertz CT molecular complexity index is 596. The van der Waals surface area contributed by atoms with Crippen molar-refractivity contribution >= 4 is 5.91 Å². The minimum atomic E-state index is 0.343. The van der Waals surface area contributed by atoms with Crippen molar-refractivity contribution in [3.05, 3.63) is 48.6 Å². The maximum absolute atomic E-state index is 12.4. The molecular weight excluding hydrogens is 498 g/mol. The van der Waals surface area contributed by atoms with Gasteiger partial charge in [0.25, 0.3) is 0 Å². The summed E-state index contributed by atoms with van der Waals surface area (Å²) in [6, 6.07) is 0. The van der Waals surface area contributed by atoms with Crippen molar-refractivity contribution in [2.75, 3.05) is 13.1 Å². The van der Waals surface area contributed by atoms with Crippen molar-refractivity contribution in [2.24, 2.45) is 0 Å². The van der Waals surface area contributed by atoms with Crippen molar-refractivity contribution in [1.82, 2.24) is 4.90 Å². The topological polar surface area (TPSA) is 20.3 Å². The van der Waals surface area contributed by atoms with Crippen LogP contribution >= 0.6 is 0 Å². The molecule has 0 N–H and O–H groups in total. The van der Waals surface area contributed by atoms with Gasteiger partial charge in [-0.05, 0) is 77.0 Å². The highest BCUT2D eigenvalue weighted by Crippen LogP contribution is 2.12. The lowest BCUT2D eigenvalue weighted by Gasteiger charge is -2.22. The second kappa shape index (κ2) is 34.6. The number of hydrogen-bond donors (Lipinski definition) is 0. The maximum Gasteiger partial charge on any atom is 0.222 e. The summed E-state index contributed by atoms with van der Waals surface area (Å²) in [7, 11) is 0. The molecule has 238 valence electrons. The van der Waals surface area contributed by atoms with Gasteiger partial charge in [-0.25, -0.2) is 0 Å². The largest absolute Gasteiger partial charge is 0.343 e. The van der Waals surface area contributed by atoms with E-state index in [4.69, 9.17) is 0 Å². The minimum absolute atomic E-state index is 0.343. The minimum Gasteiger partial charge on any atom is -0.343 e. The molecule has 0 aliphatic heterocycles. The fourth-order valence-corrected chi connectivity index (χ4v) is 5.17. The second-order valence-electron chi connectivity index (χ2n) is 11.9. The van der Waals surface area contributed by atoms with Crippen molar-refractivity contribution in [3.8, 4) is 0 Å². The van der Waals surface area contributed by atoms with Gasteiger partial charge >= 0.3 is 0 Å². The lowest BCUT2D eigenvalue weighted by molar-refractivity contribution is -0.131. The third-order valence-electron chi connectivity index (χ3n) is 7.91. The predicted octanol–water partition coefficient (Wildman–Crippen LogP) is 12.9. The SMILES string of the molecule is CCCCC/C=C\C/C=C\CCCCCCCCN(CCCCCCCC/C=C\C/C=C\CCCCC)C(=O)CC. The molecule has 0 spiro atoms. The summed E-state index contributed by atoms with van der Waals surface area (Å²) >= 11 is 0. The fraction of sp³-hybridized carbons (Fsp3) is 0.769. The normalized spacial score (nSPS) is 12.2. The van der Waals surface area contributed by atoms with E-state index in [2.05, 4.69) is 67.4 Å². The zero-order chi connectivity index (χ0) is 29.9. The number of allylic oxidation sites excluding steroid dienone is 8. The molecule has 41 heavy (non-hydrogen) atoms. The smallest absolute Gasteiger partial charge is 0.222 e. The van der Waals surface area contributed by atoms with Crippen LogP contribution in [0.25, 0.3) is 0 Å². The average Bonchev–Trinajstić information content (AvgIpc) is 2.99. The van der Waals surface area contributed by atoms with Gasteiger partial charge < -0.3 is 4.90 Å². The molecule has 0 aliphatic carbocycles. The van der Waals surface area contributed by atoms with Gasteiger partial charge in [0.1, 0.15) is 0 Å². The molecule has 0 unspecified atom stereocenters. The number of rotatable bonds is 31. The molecule has 0 aromatic heterocycles. The van der Waals surface area contributed by atoms with Gasteiger partial charge in [0.15, 0.2) is 0 Å². The molecule has 0 radical (unpaired) electrons. The highest BCUT2D eigenvalue weighted by atomic mass is 16.2. The van der Waals surface area contributed by atoms with E-state index < -0.39 is 0 Å². The van der Waals surface area contributed by atoms with E-state index in [1.165, 1.54) is 141 Å². The lowest BCUT2D eigenvalue weighted by atomic mass is 10.1. The highest BCUT2D eigenvalue weighted by Gasteiger charge is 2.10. The Balaban J connectivity index is 3.64. The molecule has 0 bridgehead atoms. The molecule has 0 atom stereocenters. The monoisotopic (exact) mass is 570 g/mol. The van der Waals surface area contributed by atoms with Gasteiger partial charge in [0.05, 0.1) is 0 Å². The van der Waals surface area contributed by atoms with Crippen LogP contribution in [-0.4, -0.2) is 23.9 Å². The first-order valence-electron chi connectivity index (χ1n) is 18.1. The number of amides is 1. The molecule has 0 saturated carbocycles. The van der Waals surface area contributed by atoms with Gasteiger partial charge in [-0.2, -0.15) is 0 Å². The molecular formula is C39H71NO. The van der Waals surface area contributed by atoms with E-state index in [1.54, 1.807) is 0 Å². The number of carbonyl (C=O) groups is 1. The number of unbranched alkanes of at least 4 members (excludes halogenated alkanes) is 18. The van der Waals surface area contributed by atoms with Crippen molar-refractivity contribution in [3.63, 3.8) is 0 Å². The standard InChI is InChI=1S/C39H71NO/c1-4-7-9-11-13-15-17-19-21-23-25-27-29-31-33-35-37-40(39(41)6-3)38-36-34-32-30-28-26-24-22-20-18-16-14-12-10-8-5-2/h13-16,19-22H,4-12,17-18,23-38H2,1-3H3/b15-13-,16-14-,21-19-,22-20-. The van der Waals surface area contributed by atoms with Crippen LogP contribution in [0, 0.1) is 0 Å². The second-order valence-corrected chi connectivity index (χ2v) is 11.9. The van der Waals surface area contributed by atoms with E-state index in [9.17, 15) is 4.79 Å². The zero-order valence-electron chi connectivity index (χ0n) is 28.1. The van der Waals surface area contributed by atoms with Crippen molar-refractivity contribution in [1.29, 1.82) is 0 Å². The summed E-state index contributed by atoms with van der Waals surface area (Å²) in [6.07, 6.45) is 49.8. The molecule has 0 fully saturated rings. The first-order chi connectivity index (χ1) is 20.3. The predicted molar refractivity (Wildman–Crippen MR) is 186 cm³/mol. The first kappa shape index (κ1) is 39.4. The Morgan fingerprint density at radius 3 is 1.07 bits per heavy atom. The maximum atomic E-state index is 12.4. The van der Waals surface area contributed by atoms with Gasteiger partial charge in [-0.15, -0.1) is 0 Å². The summed E-state index contributed by atoms with van der Waals surface area (Å²) in [5, 5.41) is 0. The van der Waals surface area contributed by atoms with Crippen molar-refractivity contribution in [2.45, 2.75) is 181 Å². The third kappa shape index (κ3) is 31.2. The average molecular weight is 570 g/mol. The molecule has 0 rings (SSSR count). The molecule has 0 aliphatic rings. The highest BCUT2D eigenvalue weighted by molar-refractivity contribution is 5.75. The quantitative estimate of drug-likeness (QED) is 0.0600. The van der Waals surface area contributed by atoms with Gasteiger partial charge in [0.2, 0.25) is 5.91 Å². The first-order valence-corrected chi connectivity index (χ1v) is 18.1. The summed E-state index contributed by atoms with van der Waals surface area (Å²) < 4.78 is 0. The van der Waals surface area contributed by atoms with Gasteiger partial charge in [-0.1, -0.05) is 146 Å². The van der Waals surface area contributed by atoms with Gasteiger partial charge in [0, 0.05) is 19.5 Å². The van der Waals surface area contributed by atoms with Crippen LogP contribution in [0.5, 0.6) is 0 Å². The molecule has 0 aromatic carbocycles. The van der Waals surface area contributed by atoms with Crippen molar-refractivity contribution < 1.29 is 4.79 Å².